The van der Waals surface area contributed by atoms with Crippen LogP contribution in [0.3, 0.4) is 0 Å². The Balaban J connectivity index is 2.54. The van der Waals surface area contributed by atoms with Gasteiger partial charge in [0.2, 0.25) is 0 Å². The number of nitrogens with one attached hydrogen (secondary N) is 1. The molecule has 0 amide bonds. The number of ether oxygens (including phenoxy) is 1. The van der Waals surface area contributed by atoms with Gasteiger partial charge in [-0.15, -0.1) is 0 Å². The Bertz CT molecular complexity index is 591. The van der Waals surface area contributed by atoms with Gasteiger partial charge < -0.3 is 10.5 Å². The average Bonchev–Trinajstić information content (AvgIpc) is 2.39. The summed E-state index contributed by atoms with van der Waals surface area (Å²) in [6.45, 7) is 2.04. The van der Waals surface area contributed by atoms with Gasteiger partial charge in [-0.2, -0.15) is 0 Å². The van der Waals surface area contributed by atoms with E-state index in [2.05, 4.69) is 0 Å². The molecule has 3 heteroatoms. The van der Waals surface area contributed by atoms with Crippen LogP contribution in [0.25, 0.3) is 11.1 Å². The topological polar surface area (TPSA) is 59.1 Å². The predicted molar refractivity (Wildman–Crippen MR) is 74.2 cm³/mol. The van der Waals surface area contributed by atoms with Gasteiger partial charge in [-0.05, 0) is 41.8 Å². The molecule has 92 valence electrons. The predicted octanol–water partition coefficient (Wildman–Crippen LogP) is 2.95. The minimum Gasteiger partial charge on any atom is -0.497 e. The molecule has 0 bridgehead atoms. The van der Waals surface area contributed by atoms with Crippen molar-refractivity contribution in [2.45, 2.75) is 6.92 Å². The van der Waals surface area contributed by atoms with Crippen molar-refractivity contribution < 1.29 is 4.74 Å². The molecule has 0 spiro atoms. The van der Waals surface area contributed by atoms with E-state index >= 15 is 0 Å². The molecule has 2 rings (SSSR count). The Morgan fingerprint density at radius 1 is 1.17 bits per heavy atom. The molecule has 2 aromatic carbocycles. The Kier molecular flexibility index (Phi) is 3.33. The molecule has 0 saturated carbocycles. The lowest BCUT2D eigenvalue weighted by Crippen LogP contribution is -2.11. The normalized spacial score (nSPS) is 10.1. The minimum atomic E-state index is 0.0825. The maximum atomic E-state index is 7.50. The third-order valence-corrected chi connectivity index (χ3v) is 2.93. The zero-order valence-electron chi connectivity index (χ0n) is 10.5. The zero-order chi connectivity index (χ0) is 13.1. The van der Waals surface area contributed by atoms with Gasteiger partial charge in [-0.3, -0.25) is 5.41 Å². The largest absolute Gasteiger partial charge is 0.497 e. The van der Waals surface area contributed by atoms with Crippen molar-refractivity contribution in [3.63, 3.8) is 0 Å². The van der Waals surface area contributed by atoms with Crippen molar-refractivity contribution in [1.29, 1.82) is 5.41 Å². The number of rotatable bonds is 3. The molecule has 18 heavy (non-hydrogen) atoms. The summed E-state index contributed by atoms with van der Waals surface area (Å²) < 4.78 is 5.23. The molecule has 0 heterocycles. The summed E-state index contributed by atoms with van der Waals surface area (Å²) in [5, 5.41) is 7.50. The molecule has 0 saturated heterocycles. The molecular weight excluding hydrogens is 224 g/mol. The van der Waals surface area contributed by atoms with Crippen LogP contribution in [0.2, 0.25) is 0 Å². The van der Waals surface area contributed by atoms with E-state index in [1.807, 2.05) is 49.4 Å². The van der Waals surface area contributed by atoms with Crippen LogP contribution in [0.1, 0.15) is 11.1 Å². The second kappa shape index (κ2) is 4.92. The average molecular weight is 240 g/mol. The first kappa shape index (κ1) is 12.2. The number of benzene rings is 2. The molecule has 3 N–H and O–H groups in total. The van der Waals surface area contributed by atoms with Gasteiger partial charge in [-0.1, -0.05) is 24.3 Å². The summed E-state index contributed by atoms with van der Waals surface area (Å²) in [7, 11) is 1.65. The fourth-order valence-corrected chi connectivity index (χ4v) is 1.89. The lowest BCUT2D eigenvalue weighted by atomic mass is 9.97. The van der Waals surface area contributed by atoms with Gasteiger partial charge >= 0.3 is 0 Å². The van der Waals surface area contributed by atoms with Crippen LogP contribution in [0.15, 0.2) is 42.5 Å². The fraction of sp³-hybridized carbons (Fsp3) is 0.133. The standard InChI is InChI=1S/C15H16N2O/c1-10-6-7-12(15(16)17)9-14(10)11-4-3-5-13(8-11)18-2/h3-9H,1-2H3,(H3,16,17). The molecule has 0 radical (unpaired) electrons. The van der Waals surface area contributed by atoms with Gasteiger partial charge in [0.15, 0.2) is 0 Å². The fourth-order valence-electron chi connectivity index (χ4n) is 1.89. The first-order valence-corrected chi connectivity index (χ1v) is 5.71. The van der Waals surface area contributed by atoms with E-state index in [4.69, 9.17) is 15.9 Å². The second-order valence-electron chi connectivity index (χ2n) is 4.18. The number of nitrogens with two attached hydrogens (primary N) is 1. The van der Waals surface area contributed by atoms with Gasteiger partial charge in [0.1, 0.15) is 11.6 Å². The highest BCUT2D eigenvalue weighted by Gasteiger charge is 2.06. The summed E-state index contributed by atoms with van der Waals surface area (Å²) in [4.78, 5) is 0. The lowest BCUT2D eigenvalue weighted by Gasteiger charge is -2.10. The SMILES string of the molecule is COc1cccc(-c2cc(C(=N)N)ccc2C)c1. The minimum absolute atomic E-state index is 0.0825. The highest BCUT2D eigenvalue weighted by Crippen LogP contribution is 2.27. The number of hydrogen-bond donors (Lipinski definition) is 2. The Morgan fingerprint density at radius 2 is 1.94 bits per heavy atom. The maximum Gasteiger partial charge on any atom is 0.122 e. The van der Waals surface area contributed by atoms with Crippen molar-refractivity contribution in [3.05, 3.63) is 53.6 Å². The van der Waals surface area contributed by atoms with Crippen molar-refractivity contribution >= 4 is 5.84 Å². The van der Waals surface area contributed by atoms with Crippen LogP contribution in [-0.2, 0) is 0 Å². The number of aryl methyl sites for hydroxylation is 1. The monoisotopic (exact) mass is 240 g/mol. The van der Waals surface area contributed by atoms with E-state index in [0.29, 0.717) is 0 Å². The van der Waals surface area contributed by atoms with Crippen LogP contribution in [0.4, 0.5) is 0 Å². The highest BCUT2D eigenvalue weighted by molar-refractivity contribution is 5.96. The summed E-state index contributed by atoms with van der Waals surface area (Å²) in [5.41, 5.74) is 9.54. The molecule has 0 aromatic heterocycles. The number of nitrogen functional groups attached to an aromatic ring is 1. The van der Waals surface area contributed by atoms with E-state index < -0.39 is 0 Å². The maximum absolute atomic E-state index is 7.50. The Hall–Kier alpha value is -2.29. The summed E-state index contributed by atoms with van der Waals surface area (Å²) in [5.74, 6) is 0.902. The molecule has 0 atom stereocenters. The summed E-state index contributed by atoms with van der Waals surface area (Å²) >= 11 is 0. The Labute approximate surface area is 107 Å². The van der Waals surface area contributed by atoms with Gasteiger partial charge in [0.25, 0.3) is 0 Å². The van der Waals surface area contributed by atoms with E-state index in [1.54, 1.807) is 7.11 Å². The molecule has 0 aliphatic heterocycles. The highest BCUT2D eigenvalue weighted by atomic mass is 16.5. The van der Waals surface area contributed by atoms with Gasteiger partial charge in [-0.25, -0.2) is 0 Å². The van der Waals surface area contributed by atoms with E-state index in [9.17, 15) is 0 Å². The summed E-state index contributed by atoms with van der Waals surface area (Å²) in [6.07, 6.45) is 0. The second-order valence-corrected chi connectivity index (χ2v) is 4.18. The van der Waals surface area contributed by atoms with Crippen molar-refractivity contribution in [2.24, 2.45) is 5.73 Å². The van der Waals surface area contributed by atoms with Crippen molar-refractivity contribution in [1.82, 2.24) is 0 Å². The van der Waals surface area contributed by atoms with E-state index in [-0.39, 0.29) is 5.84 Å². The third kappa shape index (κ3) is 2.35. The quantitative estimate of drug-likeness (QED) is 0.640. The first-order chi connectivity index (χ1) is 8.61. The van der Waals surface area contributed by atoms with Crippen LogP contribution in [-0.4, -0.2) is 12.9 Å². The van der Waals surface area contributed by atoms with E-state index in [0.717, 1.165) is 28.0 Å². The van der Waals surface area contributed by atoms with Crippen LogP contribution in [0, 0.1) is 12.3 Å². The van der Waals surface area contributed by atoms with E-state index in [1.165, 1.54) is 0 Å². The zero-order valence-corrected chi connectivity index (χ0v) is 10.5. The molecular formula is C15H16N2O. The molecule has 3 nitrogen and oxygen atoms in total. The molecule has 0 unspecified atom stereocenters. The number of methoxy groups -OCH3 is 1. The van der Waals surface area contributed by atoms with Gasteiger partial charge in [0, 0.05) is 5.56 Å². The third-order valence-electron chi connectivity index (χ3n) is 2.93. The van der Waals surface area contributed by atoms with Crippen molar-refractivity contribution in [3.8, 4) is 16.9 Å². The number of amidine groups is 1. The smallest absolute Gasteiger partial charge is 0.122 e. The van der Waals surface area contributed by atoms with Crippen LogP contribution in [0.5, 0.6) is 5.75 Å². The number of hydrogen-bond acceptors (Lipinski definition) is 2. The van der Waals surface area contributed by atoms with Crippen LogP contribution < -0.4 is 10.5 Å². The molecule has 0 aliphatic rings. The summed E-state index contributed by atoms with van der Waals surface area (Å²) in [6, 6.07) is 13.6. The van der Waals surface area contributed by atoms with Crippen molar-refractivity contribution in [2.75, 3.05) is 7.11 Å². The van der Waals surface area contributed by atoms with Crippen LogP contribution >= 0.6 is 0 Å². The lowest BCUT2D eigenvalue weighted by molar-refractivity contribution is 0.415. The molecule has 2 aromatic rings. The molecule has 0 aliphatic carbocycles. The molecule has 0 fully saturated rings. The first-order valence-electron chi connectivity index (χ1n) is 5.71. The Morgan fingerprint density at radius 3 is 2.61 bits per heavy atom. The van der Waals surface area contributed by atoms with Gasteiger partial charge in [0.05, 0.1) is 7.11 Å².